The number of hydrogen-bond donors (Lipinski definition) is 1. The molecule has 1 N–H and O–H groups in total. The first-order valence-corrected chi connectivity index (χ1v) is 9.65. The molecule has 0 saturated carbocycles. The van der Waals surface area contributed by atoms with Gasteiger partial charge in [0, 0.05) is 37.4 Å². The predicted molar refractivity (Wildman–Crippen MR) is 101 cm³/mol. The molecule has 1 aliphatic rings. The van der Waals surface area contributed by atoms with Gasteiger partial charge in [-0.3, -0.25) is 9.59 Å². The van der Waals surface area contributed by atoms with Crippen LogP contribution in [0, 0.1) is 6.92 Å². The molecule has 0 atom stereocenters. The molecule has 1 aliphatic heterocycles. The minimum absolute atomic E-state index is 0.00661. The van der Waals surface area contributed by atoms with Crippen LogP contribution in [-0.4, -0.2) is 29.8 Å². The Kier molecular flexibility index (Phi) is 5.87. The molecule has 2 amide bonds. The van der Waals surface area contributed by atoms with Crippen molar-refractivity contribution in [1.29, 1.82) is 0 Å². The average Bonchev–Trinajstić information content (AvgIpc) is 3.09. The topological polar surface area (TPSA) is 49.4 Å². The first-order chi connectivity index (χ1) is 12.1. The lowest BCUT2D eigenvalue weighted by Crippen LogP contribution is -2.37. The van der Waals surface area contributed by atoms with Crippen LogP contribution in [0.3, 0.4) is 0 Å². The van der Waals surface area contributed by atoms with Crippen LogP contribution < -0.4 is 5.32 Å². The van der Waals surface area contributed by atoms with Crippen LogP contribution in [0.4, 0.5) is 0 Å². The second-order valence-electron chi connectivity index (χ2n) is 6.52. The van der Waals surface area contributed by atoms with Crippen LogP contribution in [0.15, 0.2) is 35.7 Å². The summed E-state index contributed by atoms with van der Waals surface area (Å²) in [5.41, 5.74) is 3.66. The zero-order valence-corrected chi connectivity index (χ0v) is 15.4. The Balaban J connectivity index is 1.35. The molecule has 2 aromatic rings. The van der Waals surface area contributed by atoms with E-state index in [1.165, 1.54) is 16.0 Å². The Morgan fingerprint density at radius 2 is 1.96 bits per heavy atom. The molecule has 0 spiro atoms. The van der Waals surface area contributed by atoms with Gasteiger partial charge < -0.3 is 10.2 Å². The molecule has 5 heteroatoms. The molecule has 25 heavy (non-hydrogen) atoms. The summed E-state index contributed by atoms with van der Waals surface area (Å²) >= 11 is 1.77. The van der Waals surface area contributed by atoms with Gasteiger partial charge in [0.2, 0.25) is 11.8 Å². The van der Waals surface area contributed by atoms with Crippen molar-refractivity contribution in [2.75, 3.05) is 13.1 Å². The average molecular weight is 356 g/mol. The summed E-state index contributed by atoms with van der Waals surface area (Å²) in [5, 5.41) is 4.95. The number of thiophene rings is 1. The summed E-state index contributed by atoms with van der Waals surface area (Å²) in [6, 6.07) is 10.3. The van der Waals surface area contributed by atoms with Gasteiger partial charge in [-0.2, -0.15) is 0 Å². The van der Waals surface area contributed by atoms with E-state index >= 15 is 0 Å². The Bertz CT molecular complexity index is 736. The van der Waals surface area contributed by atoms with Crippen LogP contribution >= 0.6 is 11.3 Å². The summed E-state index contributed by atoms with van der Waals surface area (Å²) in [4.78, 5) is 27.5. The number of amides is 2. The number of hydrogen-bond acceptors (Lipinski definition) is 3. The molecule has 0 bridgehead atoms. The summed E-state index contributed by atoms with van der Waals surface area (Å²) in [6.45, 7) is 3.96. The summed E-state index contributed by atoms with van der Waals surface area (Å²) in [5.74, 6) is 0.128. The fourth-order valence-corrected chi connectivity index (χ4v) is 3.92. The lowest BCUT2D eigenvalue weighted by Gasteiger charge is -2.27. The van der Waals surface area contributed by atoms with Gasteiger partial charge >= 0.3 is 0 Å². The molecule has 3 rings (SSSR count). The molecule has 1 aromatic heterocycles. The number of nitrogens with zero attached hydrogens (tertiary/aromatic N) is 1. The maximum absolute atomic E-state index is 12.3. The van der Waals surface area contributed by atoms with Crippen LogP contribution in [0.5, 0.6) is 0 Å². The third kappa shape index (κ3) is 4.92. The van der Waals surface area contributed by atoms with Crippen LogP contribution in [-0.2, 0) is 29.0 Å². The summed E-state index contributed by atoms with van der Waals surface area (Å²) in [6.07, 6.45) is 2.50. The predicted octanol–water partition coefficient (Wildman–Crippen LogP) is 3.08. The molecule has 0 radical (unpaired) electrons. The SMILES string of the molecule is Cc1ccc(CCC(=O)NCCC(=O)N2CCc3sccc3C2)cc1. The smallest absolute Gasteiger partial charge is 0.224 e. The van der Waals surface area contributed by atoms with Gasteiger partial charge in [-0.25, -0.2) is 0 Å². The van der Waals surface area contributed by atoms with Crippen molar-refractivity contribution in [3.05, 3.63) is 57.3 Å². The Hall–Kier alpha value is -2.14. The third-order valence-electron chi connectivity index (χ3n) is 4.58. The highest BCUT2D eigenvalue weighted by molar-refractivity contribution is 7.10. The lowest BCUT2D eigenvalue weighted by molar-refractivity contribution is -0.132. The van der Waals surface area contributed by atoms with E-state index in [4.69, 9.17) is 0 Å². The standard InChI is InChI=1S/C20H24N2O2S/c1-15-2-4-16(5-3-15)6-7-19(23)21-11-8-20(24)22-12-9-18-17(14-22)10-13-25-18/h2-5,10,13H,6-9,11-12,14H2,1H3,(H,21,23). The number of fused-ring (bicyclic) bond motifs is 1. The quantitative estimate of drug-likeness (QED) is 0.865. The van der Waals surface area contributed by atoms with Gasteiger partial charge in [0.05, 0.1) is 0 Å². The van der Waals surface area contributed by atoms with Gasteiger partial charge in [-0.05, 0) is 42.3 Å². The van der Waals surface area contributed by atoms with E-state index in [0.29, 0.717) is 25.9 Å². The second kappa shape index (κ2) is 8.30. The lowest BCUT2D eigenvalue weighted by atomic mass is 10.1. The fraction of sp³-hybridized carbons (Fsp3) is 0.400. The second-order valence-corrected chi connectivity index (χ2v) is 7.52. The van der Waals surface area contributed by atoms with Crippen molar-refractivity contribution < 1.29 is 9.59 Å². The Morgan fingerprint density at radius 1 is 1.16 bits per heavy atom. The van der Waals surface area contributed by atoms with E-state index in [0.717, 1.165) is 24.9 Å². The van der Waals surface area contributed by atoms with E-state index in [1.807, 2.05) is 4.90 Å². The largest absolute Gasteiger partial charge is 0.356 e. The fourth-order valence-electron chi connectivity index (χ4n) is 3.03. The number of aryl methyl sites for hydroxylation is 2. The number of carbonyl (C=O) groups is 2. The van der Waals surface area contributed by atoms with Gasteiger partial charge in [-0.15, -0.1) is 11.3 Å². The van der Waals surface area contributed by atoms with Crippen LogP contribution in [0.2, 0.25) is 0 Å². The third-order valence-corrected chi connectivity index (χ3v) is 5.61. The molecule has 0 fully saturated rings. The zero-order chi connectivity index (χ0) is 17.6. The molecule has 132 valence electrons. The first-order valence-electron chi connectivity index (χ1n) is 8.77. The Morgan fingerprint density at radius 3 is 2.76 bits per heavy atom. The number of rotatable bonds is 6. The van der Waals surface area contributed by atoms with Crippen LogP contribution in [0.25, 0.3) is 0 Å². The molecule has 0 unspecified atom stereocenters. The van der Waals surface area contributed by atoms with E-state index < -0.39 is 0 Å². The van der Waals surface area contributed by atoms with E-state index in [2.05, 4.69) is 48.0 Å². The number of benzene rings is 1. The first kappa shape index (κ1) is 17.7. The zero-order valence-electron chi connectivity index (χ0n) is 14.6. The van der Waals surface area contributed by atoms with E-state index in [9.17, 15) is 9.59 Å². The van der Waals surface area contributed by atoms with Crippen molar-refractivity contribution in [2.24, 2.45) is 0 Å². The highest BCUT2D eigenvalue weighted by atomic mass is 32.1. The number of carbonyl (C=O) groups excluding carboxylic acids is 2. The normalized spacial score (nSPS) is 13.4. The van der Waals surface area contributed by atoms with Crippen molar-refractivity contribution >= 4 is 23.2 Å². The molecule has 0 aliphatic carbocycles. The molecule has 0 saturated heterocycles. The summed E-state index contributed by atoms with van der Waals surface area (Å²) < 4.78 is 0. The number of nitrogens with one attached hydrogen (secondary N) is 1. The molecule has 4 nitrogen and oxygen atoms in total. The van der Waals surface area contributed by atoms with E-state index in [1.54, 1.807) is 11.3 Å². The monoisotopic (exact) mass is 356 g/mol. The maximum Gasteiger partial charge on any atom is 0.224 e. The highest BCUT2D eigenvalue weighted by Gasteiger charge is 2.21. The van der Waals surface area contributed by atoms with Crippen LogP contribution in [0.1, 0.15) is 34.4 Å². The van der Waals surface area contributed by atoms with Gasteiger partial charge in [0.1, 0.15) is 0 Å². The minimum atomic E-state index is 0.00661. The Labute approximate surface area is 152 Å². The van der Waals surface area contributed by atoms with E-state index in [-0.39, 0.29) is 11.8 Å². The molecule has 2 heterocycles. The molecule has 1 aromatic carbocycles. The van der Waals surface area contributed by atoms with Crippen molar-refractivity contribution in [2.45, 2.75) is 39.2 Å². The van der Waals surface area contributed by atoms with Crippen molar-refractivity contribution in [3.63, 3.8) is 0 Å². The van der Waals surface area contributed by atoms with Crippen molar-refractivity contribution in [1.82, 2.24) is 10.2 Å². The van der Waals surface area contributed by atoms with Gasteiger partial charge in [0.15, 0.2) is 0 Å². The highest BCUT2D eigenvalue weighted by Crippen LogP contribution is 2.24. The van der Waals surface area contributed by atoms with Gasteiger partial charge in [0.25, 0.3) is 0 Å². The maximum atomic E-state index is 12.3. The molecular formula is C20H24N2O2S. The van der Waals surface area contributed by atoms with Gasteiger partial charge in [-0.1, -0.05) is 29.8 Å². The van der Waals surface area contributed by atoms with Crippen molar-refractivity contribution in [3.8, 4) is 0 Å². The minimum Gasteiger partial charge on any atom is -0.356 e. The summed E-state index contributed by atoms with van der Waals surface area (Å²) in [7, 11) is 0. The molecular weight excluding hydrogens is 332 g/mol.